The van der Waals surface area contributed by atoms with Gasteiger partial charge in [-0.15, -0.1) is 0 Å². The van der Waals surface area contributed by atoms with Crippen LogP contribution in [-0.2, 0) is 14.6 Å². The van der Waals surface area contributed by atoms with Crippen LogP contribution in [0, 0.1) is 0 Å². The van der Waals surface area contributed by atoms with Crippen molar-refractivity contribution in [2.45, 2.75) is 25.8 Å². The van der Waals surface area contributed by atoms with E-state index in [0.29, 0.717) is 28.6 Å². The second-order valence-corrected chi connectivity index (χ2v) is 8.60. The summed E-state index contributed by atoms with van der Waals surface area (Å²) in [6, 6.07) is 4.88. The Morgan fingerprint density at radius 1 is 1.35 bits per heavy atom. The molecule has 1 amide bonds. The number of hydrogen-bond donors (Lipinski definition) is 0. The standard InChI is InChI=1S/C16H19Cl2NO3S/c1-2-9-19(12-8-10-23(21,22)11-12)16(20)7-6-13-14(17)4-3-5-15(13)18/h3-7,12H,2,8-11H2,1H3/b7-6+. The fourth-order valence-electron chi connectivity index (χ4n) is 2.66. The molecular formula is C16H19Cl2NO3S. The van der Waals surface area contributed by atoms with Gasteiger partial charge in [0.25, 0.3) is 0 Å². The first-order valence-corrected chi connectivity index (χ1v) is 10.0. The van der Waals surface area contributed by atoms with Gasteiger partial charge in [0.1, 0.15) is 0 Å². The molecule has 1 aromatic rings. The Morgan fingerprint density at radius 2 is 2.00 bits per heavy atom. The number of sulfone groups is 1. The Labute approximate surface area is 147 Å². The van der Waals surface area contributed by atoms with Crippen molar-refractivity contribution in [3.63, 3.8) is 0 Å². The van der Waals surface area contributed by atoms with Crippen LogP contribution in [0.25, 0.3) is 6.08 Å². The van der Waals surface area contributed by atoms with Crippen molar-refractivity contribution in [2.75, 3.05) is 18.1 Å². The maximum atomic E-state index is 12.5. The number of hydrogen-bond acceptors (Lipinski definition) is 3. The lowest BCUT2D eigenvalue weighted by atomic mass is 10.1. The third-order valence-corrected chi connectivity index (χ3v) is 6.20. The Balaban J connectivity index is 2.17. The van der Waals surface area contributed by atoms with Gasteiger partial charge in [-0.1, -0.05) is 36.2 Å². The number of rotatable bonds is 5. The van der Waals surface area contributed by atoms with Crippen LogP contribution < -0.4 is 0 Å². The van der Waals surface area contributed by atoms with Crippen LogP contribution in [-0.4, -0.2) is 43.3 Å². The lowest BCUT2D eigenvalue weighted by Crippen LogP contribution is -2.40. The molecule has 1 heterocycles. The number of nitrogens with zero attached hydrogens (tertiary/aromatic N) is 1. The molecule has 0 spiro atoms. The van der Waals surface area contributed by atoms with Gasteiger partial charge >= 0.3 is 0 Å². The maximum Gasteiger partial charge on any atom is 0.246 e. The molecule has 1 fully saturated rings. The Hall–Kier alpha value is -1.04. The number of carbonyl (C=O) groups excluding carboxylic acids is 1. The third kappa shape index (κ3) is 4.72. The lowest BCUT2D eigenvalue weighted by molar-refractivity contribution is -0.127. The fourth-order valence-corrected chi connectivity index (χ4v) is 4.91. The number of benzene rings is 1. The van der Waals surface area contributed by atoms with Crippen LogP contribution in [0.1, 0.15) is 25.3 Å². The zero-order chi connectivity index (χ0) is 17.0. The van der Waals surface area contributed by atoms with Gasteiger partial charge in [0.2, 0.25) is 5.91 Å². The summed E-state index contributed by atoms with van der Waals surface area (Å²) in [5.41, 5.74) is 0.583. The topological polar surface area (TPSA) is 54.5 Å². The van der Waals surface area contributed by atoms with E-state index < -0.39 is 9.84 Å². The van der Waals surface area contributed by atoms with Crippen molar-refractivity contribution in [2.24, 2.45) is 0 Å². The first-order valence-electron chi connectivity index (χ1n) is 7.47. The van der Waals surface area contributed by atoms with Gasteiger partial charge in [0, 0.05) is 34.3 Å². The van der Waals surface area contributed by atoms with Crippen LogP contribution in [0.4, 0.5) is 0 Å². The van der Waals surface area contributed by atoms with Crippen LogP contribution >= 0.6 is 23.2 Å². The highest BCUT2D eigenvalue weighted by Crippen LogP contribution is 2.26. The minimum atomic E-state index is -3.03. The molecule has 0 aliphatic carbocycles. The predicted octanol–water partition coefficient (Wildman–Crippen LogP) is 3.43. The van der Waals surface area contributed by atoms with Crippen molar-refractivity contribution in [3.05, 3.63) is 39.9 Å². The normalized spacial score (nSPS) is 20.0. The van der Waals surface area contributed by atoms with E-state index in [-0.39, 0.29) is 23.5 Å². The largest absolute Gasteiger partial charge is 0.335 e. The number of carbonyl (C=O) groups is 1. The minimum Gasteiger partial charge on any atom is -0.335 e. The van der Waals surface area contributed by atoms with Gasteiger partial charge in [0.15, 0.2) is 9.84 Å². The van der Waals surface area contributed by atoms with E-state index in [1.54, 1.807) is 29.2 Å². The highest BCUT2D eigenvalue weighted by atomic mass is 35.5. The molecule has 0 radical (unpaired) electrons. The van der Waals surface area contributed by atoms with E-state index in [1.165, 1.54) is 6.08 Å². The predicted molar refractivity (Wildman–Crippen MR) is 94.6 cm³/mol. The van der Waals surface area contributed by atoms with Crippen molar-refractivity contribution >= 4 is 45.0 Å². The third-order valence-electron chi connectivity index (χ3n) is 3.79. The average molecular weight is 376 g/mol. The van der Waals surface area contributed by atoms with E-state index in [9.17, 15) is 13.2 Å². The Kier molecular flexibility index (Phi) is 6.12. The summed E-state index contributed by atoms with van der Waals surface area (Å²) >= 11 is 12.2. The molecule has 23 heavy (non-hydrogen) atoms. The summed E-state index contributed by atoms with van der Waals surface area (Å²) in [5, 5.41) is 0.930. The van der Waals surface area contributed by atoms with Crippen LogP contribution in [0.5, 0.6) is 0 Å². The first kappa shape index (κ1) is 18.3. The van der Waals surface area contributed by atoms with Crippen molar-refractivity contribution in [1.29, 1.82) is 0 Å². The Morgan fingerprint density at radius 3 is 2.52 bits per heavy atom. The molecule has 4 nitrogen and oxygen atoms in total. The molecule has 1 aliphatic heterocycles. The summed E-state index contributed by atoms with van der Waals surface area (Å²) in [6.07, 6.45) is 4.25. The molecule has 126 valence electrons. The summed E-state index contributed by atoms with van der Waals surface area (Å²) in [6.45, 7) is 2.48. The molecule has 0 bridgehead atoms. The fraction of sp³-hybridized carbons (Fsp3) is 0.438. The summed E-state index contributed by atoms with van der Waals surface area (Å²) in [7, 11) is -3.03. The molecular weight excluding hydrogens is 357 g/mol. The van der Waals surface area contributed by atoms with Crippen molar-refractivity contribution < 1.29 is 13.2 Å². The maximum absolute atomic E-state index is 12.5. The van der Waals surface area contributed by atoms with Gasteiger partial charge < -0.3 is 4.90 Å². The van der Waals surface area contributed by atoms with Gasteiger partial charge in [-0.2, -0.15) is 0 Å². The molecule has 1 atom stereocenters. The second-order valence-electron chi connectivity index (χ2n) is 5.56. The quantitative estimate of drug-likeness (QED) is 0.740. The molecule has 1 saturated heterocycles. The molecule has 1 aromatic carbocycles. The van der Waals surface area contributed by atoms with E-state index in [2.05, 4.69) is 0 Å². The van der Waals surface area contributed by atoms with Gasteiger partial charge in [0.05, 0.1) is 11.5 Å². The van der Waals surface area contributed by atoms with Gasteiger partial charge in [-0.3, -0.25) is 4.79 Å². The van der Waals surface area contributed by atoms with E-state index >= 15 is 0 Å². The van der Waals surface area contributed by atoms with E-state index in [0.717, 1.165) is 6.42 Å². The monoisotopic (exact) mass is 375 g/mol. The van der Waals surface area contributed by atoms with E-state index in [4.69, 9.17) is 23.2 Å². The summed E-state index contributed by atoms with van der Waals surface area (Å²) in [5.74, 6) is -0.0325. The molecule has 0 saturated carbocycles. The highest BCUT2D eigenvalue weighted by molar-refractivity contribution is 7.91. The van der Waals surface area contributed by atoms with Crippen LogP contribution in [0.3, 0.4) is 0 Å². The first-order chi connectivity index (χ1) is 10.8. The van der Waals surface area contributed by atoms with Crippen LogP contribution in [0.2, 0.25) is 10.0 Å². The molecule has 7 heteroatoms. The molecule has 1 unspecified atom stereocenters. The lowest BCUT2D eigenvalue weighted by Gasteiger charge is -2.26. The molecule has 0 N–H and O–H groups in total. The average Bonchev–Trinajstić information content (AvgIpc) is 2.84. The molecule has 2 rings (SSSR count). The smallest absolute Gasteiger partial charge is 0.246 e. The molecule has 0 aromatic heterocycles. The zero-order valence-corrected chi connectivity index (χ0v) is 15.2. The van der Waals surface area contributed by atoms with Gasteiger partial charge in [-0.25, -0.2) is 8.42 Å². The zero-order valence-electron chi connectivity index (χ0n) is 12.8. The number of halogens is 2. The second kappa shape index (κ2) is 7.69. The minimum absolute atomic E-state index is 0.0411. The van der Waals surface area contributed by atoms with Crippen molar-refractivity contribution in [3.8, 4) is 0 Å². The van der Waals surface area contributed by atoms with Gasteiger partial charge in [-0.05, 0) is 31.1 Å². The van der Waals surface area contributed by atoms with Crippen molar-refractivity contribution in [1.82, 2.24) is 4.90 Å². The SMILES string of the molecule is CCCN(C(=O)/C=C/c1c(Cl)cccc1Cl)C1CCS(=O)(=O)C1. The summed E-state index contributed by atoms with van der Waals surface area (Å²) in [4.78, 5) is 14.1. The highest BCUT2D eigenvalue weighted by Gasteiger charge is 2.33. The summed E-state index contributed by atoms with van der Waals surface area (Å²) < 4.78 is 23.3. The van der Waals surface area contributed by atoms with E-state index in [1.807, 2.05) is 6.92 Å². The number of amides is 1. The van der Waals surface area contributed by atoms with Crippen LogP contribution in [0.15, 0.2) is 24.3 Å². The Bertz CT molecular complexity index is 696. The molecule has 1 aliphatic rings.